The van der Waals surface area contributed by atoms with Crippen molar-refractivity contribution in [2.45, 2.75) is 40.5 Å². The lowest BCUT2D eigenvalue weighted by Gasteiger charge is -2.28. The van der Waals surface area contributed by atoms with Gasteiger partial charge >= 0.3 is 0 Å². The maximum atomic E-state index is 8.79. The number of anilines is 1. The lowest BCUT2D eigenvalue weighted by Crippen LogP contribution is -2.33. The molecule has 1 rings (SSSR count). The average molecular weight is 277 g/mol. The van der Waals surface area contributed by atoms with Gasteiger partial charge in [0.1, 0.15) is 5.84 Å². The SMILES string of the molecule is CCN(CCCC(C)(C)C(N)=NO)c1ccccc1C. The first-order valence-electron chi connectivity index (χ1n) is 7.21. The van der Waals surface area contributed by atoms with Gasteiger partial charge in [0.25, 0.3) is 0 Å². The molecule has 3 N–H and O–H groups in total. The molecule has 4 heteroatoms. The Hall–Kier alpha value is -1.71. The fourth-order valence-electron chi connectivity index (χ4n) is 2.34. The second-order valence-corrected chi connectivity index (χ2v) is 5.84. The molecule has 0 saturated heterocycles. The van der Waals surface area contributed by atoms with Crippen molar-refractivity contribution in [3.05, 3.63) is 29.8 Å². The van der Waals surface area contributed by atoms with Crippen molar-refractivity contribution < 1.29 is 5.21 Å². The molecule has 0 aliphatic rings. The predicted octanol–water partition coefficient (Wildman–Crippen LogP) is 3.37. The predicted molar refractivity (Wildman–Crippen MR) is 85.5 cm³/mol. The van der Waals surface area contributed by atoms with Gasteiger partial charge in [0.2, 0.25) is 0 Å². The first kappa shape index (κ1) is 16.3. The van der Waals surface area contributed by atoms with Crippen LogP contribution in [0.25, 0.3) is 0 Å². The van der Waals surface area contributed by atoms with Crippen LogP contribution in [0.4, 0.5) is 5.69 Å². The highest BCUT2D eigenvalue weighted by molar-refractivity contribution is 5.85. The molecule has 4 nitrogen and oxygen atoms in total. The van der Waals surface area contributed by atoms with Crippen molar-refractivity contribution in [2.75, 3.05) is 18.0 Å². The summed E-state index contributed by atoms with van der Waals surface area (Å²) < 4.78 is 0. The average Bonchev–Trinajstić information content (AvgIpc) is 2.43. The smallest absolute Gasteiger partial charge is 0.144 e. The van der Waals surface area contributed by atoms with E-state index in [1.54, 1.807) is 0 Å². The van der Waals surface area contributed by atoms with Gasteiger partial charge in [-0.2, -0.15) is 0 Å². The molecule has 1 aromatic rings. The van der Waals surface area contributed by atoms with Gasteiger partial charge < -0.3 is 15.8 Å². The molecule has 0 aromatic heterocycles. The highest BCUT2D eigenvalue weighted by Crippen LogP contribution is 2.24. The summed E-state index contributed by atoms with van der Waals surface area (Å²) in [6.45, 7) is 10.3. The van der Waals surface area contributed by atoms with E-state index in [-0.39, 0.29) is 5.41 Å². The lowest BCUT2D eigenvalue weighted by molar-refractivity contribution is 0.304. The third-order valence-corrected chi connectivity index (χ3v) is 3.87. The van der Waals surface area contributed by atoms with E-state index in [0.717, 1.165) is 25.9 Å². The Morgan fingerprint density at radius 3 is 2.55 bits per heavy atom. The van der Waals surface area contributed by atoms with Gasteiger partial charge in [-0.05, 0) is 38.3 Å². The zero-order valence-electron chi connectivity index (χ0n) is 13.1. The van der Waals surface area contributed by atoms with E-state index in [9.17, 15) is 0 Å². The zero-order valence-corrected chi connectivity index (χ0v) is 13.1. The highest BCUT2D eigenvalue weighted by Gasteiger charge is 2.23. The van der Waals surface area contributed by atoms with Gasteiger partial charge in [0.05, 0.1) is 0 Å². The van der Waals surface area contributed by atoms with E-state index >= 15 is 0 Å². The summed E-state index contributed by atoms with van der Waals surface area (Å²) in [5.74, 6) is 0.302. The Labute approximate surface area is 122 Å². The number of oxime groups is 1. The molecule has 0 bridgehead atoms. The van der Waals surface area contributed by atoms with Crippen LogP contribution < -0.4 is 10.6 Å². The standard InChI is InChI=1S/C16H27N3O/c1-5-19(14-10-7-6-9-13(14)2)12-8-11-16(3,4)15(17)18-20/h6-7,9-10,20H,5,8,11-12H2,1-4H3,(H2,17,18). The maximum absolute atomic E-state index is 8.79. The Kier molecular flexibility index (Phi) is 5.86. The van der Waals surface area contributed by atoms with Crippen LogP contribution in [0.1, 0.15) is 39.2 Å². The lowest BCUT2D eigenvalue weighted by atomic mass is 9.86. The first-order valence-corrected chi connectivity index (χ1v) is 7.21. The number of nitrogens with zero attached hydrogens (tertiary/aromatic N) is 2. The molecule has 0 heterocycles. The first-order chi connectivity index (χ1) is 9.42. The summed E-state index contributed by atoms with van der Waals surface area (Å²) in [6.07, 6.45) is 1.90. The van der Waals surface area contributed by atoms with Gasteiger partial charge in [0.15, 0.2) is 0 Å². The van der Waals surface area contributed by atoms with E-state index in [2.05, 4.69) is 48.2 Å². The van der Waals surface area contributed by atoms with Crippen LogP contribution in [-0.4, -0.2) is 24.1 Å². The summed E-state index contributed by atoms with van der Waals surface area (Å²) in [5, 5.41) is 11.9. The van der Waals surface area contributed by atoms with Crippen molar-refractivity contribution in [3.8, 4) is 0 Å². The molecule has 0 unspecified atom stereocenters. The second-order valence-electron chi connectivity index (χ2n) is 5.84. The summed E-state index contributed by atoms with van der Waals surface area (Å²) in [6, 6.07) is 8.44. The van der Waals surface area contributed by atoms with Crippen LogP contribution in [0.2, 0.25) is 0 Å². The zero-order chi connectivity index (χ0) is 15.2. The maximum Gasteiger partial charge on any atom is 0.144 e. The van der Waals surface area contributed by atoms with E-state index in [1.165, 1.54) is 11.3 Å². The van der Waals surface area contributed by atoms with Gasteiger partial charge in [0, 0.05) is 24.2 Å². The van der Waals surface area contributed by atoms with Gasteiger partial charge in [-0.1, -0.05) is 37.2 Å². The molecular weight excluding hydrogens is 250 g/mol. The second kappa shape index (κ2) is 7.17. The largest absolute Gasteiger partial charge is 0.409 e. The van der Waals surface area contributed by atoms with Crippen LogP contribution in [0.5, 0.6) is 0 Å². The molecule has 0 spiro atoms. The molecule has 0 atom stereocenters. The molecule has 0 radical (unpaired) electrons. The topological polar surface area (TPSA) is 61.8 Å². The minimum atomic E-state index is -0.264. The Balaban J connectivity index is 2.62. The number of para-hydroxylation sites is 1. The van der Waals surface area contributed by atoms with Crippen LogP contribution in [0, 0.1) is 12.3 Å². The van der Waals surface area contributed by atoms with Gasteiger partial charge in [-0.25, -0.2) is 0 Å². The molecule has 0 fully saturated rings. The number of aryl methyl sites for hydroxylation is 1. The van der Waals surface area contributed by atoms with E-state index in [1.807, 2.05) is 13.8 Å². The number of hydrogen-bond donors (Lipinski definition) is 2. The highest BCUT2D eigenvalue weighted by atomic mass is 16.4. The van der Waals surface area contributed by atoms with Crippen LogP contribution >= 0.6 is 0 Å². The number of hydrogen-bond acceptors (Lipinski definition) is 3. The molecule has 0 amide bonds. The van der Waals surface area contributed by atoms with Crippen LogP contribution in [-0.2, 0) is 0 Å². The van der Waals surface area contributed by atoms with Gasteiger partial charge in [-0.15, -0.1) is 0 Å². The monoisotopic (exact) mass is 277 g/mol. The van der Waals surface area contributed by atoms with Crippen molar-refractivity contribution >= 4 is 11.5 Å². The molecular formula is C16H27N3O. The Morgan fingerprint density at radius 1 is 1.35 bits per heavy atom. The summed E-state index contributed by atoms with van der Waals surface area (Å²) in [7, 11) is 0. The third-order valence-electron chi connectivity index (χ3n) is 3.87. The summed E-state index contributed by atoms with van der Waals surface area (Å²) >= 11 is 0. The molecule has 0 aliphatic heterocycles. The van der Waals surface area contributed by atoms with E-state index in [4.69, 9.17) is 10.9 Å². The van der Waals surface area contributed by atoms with Crippen molar-refractivity contribution in [1.82, 2.24) is 0 Å². The van der Waals surface area contributed by atoms with Crippen LogP contribution in [0.15, 0.2) is 29.4 Å². The molecule has 112 valence electrons. The summed E-state index contributed by atoms with van der Waals surface area (Å²) in [4.78, 5) is 2.37. The number of benzene rings is 1. The molecule has 0 saturated carbocycles. The number of nitrogens with two attached hydrogens (primary N) is 1. The quantitative estimate of drug-likeness (QED) is 0.347. The summed E-state index contributed by atoms with van der Waals surface area (Å²) in [5.41, 5.74) is 8.04. The van der Waals surface area contributed by atoms with Gasteiger partial charge in [-0.3, -0.25) is 0 Å². The fraction of sp³-hybridized carbons (Fsp3) is 0.562. The number of amidine groups is 1. The van der Waals surface area contributed by atoms with Crippen molar-refractivity contribution in [3.63, 3.8) is 0 Å². The minimum Gasteiger partial charge on any atom is -0.409 e. The Morgan fingerprint density at radius 2 is 2.00 bits per heavy atom. The van der Waals surface area contributed by atoms with Crippen molar-refractivity contribution in [1.29, 1.82) is 0 Å². The molecule has 1 aromatic carbocycles. The third kappa shape index (κ3) is 4.15. The number of rotatable bonds is 7. The normalized spacial score (nSPS) is 12.5. The van der Waals surface area contributed by atoms with Crippen molar-refractivity contribution in [2.24, 2.45) is 16.3 Å². The van der Waals surface area contributed by atoms with Crippen LogP contribution in [0.3, 0.4) is 0 Å². The van der Waals surface area contributed by atoms with E-state index < -0.39 is 0 Å². The molecule has 20 heavy (non-hydrogen) atoms. The minimum absolute atomic E-state index is 0.264. The molecule has 0 aliphatic carbocycles. The Bertz CT molecular complexity index is 455. The van der Waals surface area contributed by atoms with E-state index in [0.29, 0.717) is 5.84 Å². The fourth-order valence-corrected chi connectivity index (χ4v) is 2.34.